The third-order valence-corrected chi connectivity index (χ3v) is 4.04. The zero-order valence-corrected chi connectivity index (χ0v) is 13.8. The van der Waals surface area contributed by atoms with Gasteiger partial charge in [0.15, 0.2) is 0 Å². The third-order valence-electron chi connectivity index (χ3n) is 4.04. The van der Waals surface area contributed by atoms with E-state index in [2.05, 4.69) is 15.4 Å². The minimum Gasteiger partial charge on any atom is -0.353 e. The summed E-state index contributed by atoms with van der Waals surface area (Å²) in [4.78, 5) is 30.7. The number of pyridine rings is 1. The molecule has 126 valence electrons. The number of piperazine rings is 1. The molecule has 0 spiro atoms. The minimum atomic E-state index is -0.421. The van der Waals surface area contributed by atoms with Crippen LogP contribution in [-0.4, -0.2) is 50.6 Å². The molecular formula is C17H21N5O2. The van der Waals surface area contributed by atoms with Crippen molar-refractivity contribution in [2.75, 3.05) is 13.1 Å². The number of amides is 2. The Balaban J connectivity index is 1.82. The molecule has 7 heteroatoms. The highest BCUT2D eigenvalue weighted by Crippen LogP contribution is 2.18. The maximum Gasteiger partial charge on any atom is 0.257 e. The van der Waals surface area contributed by atoms with Crippen molar-refractivity contribution >= 4 is 11.8 Å². The summed E-state index contributed by atoms with van der Waals surface area (Å²) in [5.41, 5.74) is 1.31. The van der Waals surface area contributed by atoms with Crippen LogP contribution in [0.1, 0.15) is 30.6 Å². The van der Waals surface area contributed by atoms with Crippen molar-refractivity contribution in [1.29, 1.82) is 0 Å². The maximum atomic E-state index is 12.9. The fraction of sp³-hybridized carbons (Fsp3) is 0.412. The van der Waals surface area contributed by atoms with Gasteiger partial charge in [0.1, 0.15) is 6.04 Å². The topological polar surface area (TPSA) is 80.1 Å². The first-order valence-corrected chi connectivity index (χ1v) is 8.10. The zero-order valence-electron chi connectivity index (χ0n) is 13.8. The van der Waals surface area contributed by atoms with E-state index in [1.807, 2.05) is 26.0 Å². The molecule has 3 heterocycles. The number of hydrogen-bond donors (Lipinski definition) is 1. The van der Waals surface area contributed by atoms with Crippen molar-refractivity contribution in [2.24, 2.45) is 5.92 Å². The van der Waals surface area contributed by atoms with Crippen LogP contribution in [0.3, 0.4) is 0 Å². The second-order valence-corrected chi connectivity index (χ2v) is 6.31. The van der Waals surface area contributed by atoms with Crippen LogP contribution < -0.4 is 5.32 Å². The van der Waals surface area contributed by atoms with E-state index >= 15 is 0 Å². The summed E-state index contributed by atoms with van der Waals surface area (Å²) in [6.45, 7) is 5.10. The molecule has 24 heavy (non-hydrogen) atoms. The number of rotatable bonds is 4. The van der Waals surface area contributed by atoms with Crippen LogP contribution in [0.5, 0.6) is 0 Å². The Labute approximate surface area is 140 Å². The van der Waals surface area contributed by atoms with Crippen molar-refractivity contribution in [1.82, 2.24) is 25.0 Å². The Morgan fingerprint density at radius 3 is 2.83 bits per heavy atom. The number of hydrogen-bond acceptors (Lipinski definition) is 4. The van der Waals surface area contributed by atoms with Gasteiger partial charge in [-0.15, -0.1) is 0 Å². The fourth-order valence-electron chi connectivity index (χ4n) is 2.88. The predicted molar refractivity (Wildman–Crippen MR) is 88.6 cm³/mol. The number of aromatic nitrogens is 3. The average Bonchev–Trinajstić information content (AvgIpc) is 3.06. The van der Waals surface area contributed by atoms with Crippen LogP contribution in [-0.2, 0) is 4.79 Å². The first kappa shape index (κ1) is 16.2. The molecule has 2 aromatic rings. The van der Waals surface area contributed by atoms with Crippen molar-refractivity contribution < 1.29 is 9.59 Å². The summed E-state index contributed by atoms with van der Waals surface area (Å²) in [6, 6.07) is 3.21. The highest BCUT2D eigenvalue weighted by atomic mass is 16.2. The molecule has 0 saturated carbocycles. The molecule has 1 aliphatic heterocycles. The Morgan fingerprint density at radius 1 is 1.38 bits per heavy atom. The molecule has 1 aliphatic rings. The number of nitrogens with zero attached hydrogens (tertiary/aromatic N) is 4. The zero-order chi connectivity index (χ0) is 17.1. The third kappa shape index (κ3) is 3.29. The average molecular weight is 327 g/mol. The van der Waals surface area contributed by atoms with Crippen molar-refractivity contribution in [2.45, 2.75) is 26.3 Å². The first-order valence-electron chi connectivity index (χ1n) is 8.10. The SMILES string of the molecule is CC(C)C[C@@H]1C(=O)NCCN1C(=O)c1cnn(-c2ccncc2)c1. The lowest BCUT2D eigenvalue weighted by atomic mass is 9.99. The highest BCUT2D eigenvalue weighted by Gasteiger charge is 2.34. The molecule has 7 nitrogen and oxygen atoms in total. The smallest absolute Gasteiger partial charge is 0.257 e. The summed E-state index contributed by atoms with van der Waals surface area (Å²) in [6.07, 6.45) is 7.23. The van der Waals surface area contributed by atoms with E-state index in [1.54, 1.807) is 34.4 Å². The second-order valence-electron chi connectivity index (χ2n) is 6.31. The van der Waals surface area contributed by atoms with E-state index < -0.39 is 6.04 Å². The Kier molecular flexibility index (Phi) is 4.59. The molecule has 3 rings (SSSR count). The predicted octanol–water partition coefficient (Wildman–Crippen LogP) is 1.25. The van der Waals surface area contributed by atoms with Gasteiger partial charge in [0.05, 0.1) is 17.4 Å². The van der Waals surface area contributed by atoms with Crippen LogP contribution in [0.2, 0.25) is 0 Å². The van der Waals surface area contributed by atoms with Crippen LogP contribution in [0.15, 0.2) is 36.9 Å². The van der Waals surface area contributed by atoms with Gasteiger partial charge in [-0.2, -0.15) is 5.10 Å². The van der Waals surface area contributed by atoms with Gasteiger partial charge < -0.3 is 10.2 Å². The summed E-state index contributed by atoms with van der Waals surface area (Å²) in [5, 5.41) is 7.09. The standard InChI is InChI=1S/C17H21N5O2/c1-12(2)9-15-16(23)19-7-8-21(15)17(24)13-10-20-22(11-13)14-3-5-18-6-4-14/h3-6,10-12,15H,7-9H2,1-2H3,(H,19,23)/t15-/m1/s1. The summed E-state index contributed by atoms with van der Waals surface area (Å²) >= 11 is 0. The summed E-state index contributed by atoms with van der Waals surface area (Å²) in [7, 11) is 0. The molecule has 0 radical (unpaired) electrons. The molecule has 2 aromatic heterocycles. The van der Waals surface area contributed by atoms with Crippen molar-refractivity contribution in [3.8, 4) is 5.69 Å². The van der Waals surface area contributed by atoms with Gasteiger partial charge in [0.2, 0.25) is 5.91 Å². The van der Waals surface area contributed by atoms with Gasteiger partial charge in [-0.05, 0) is 24.5 Å². The Bertz CT molecular complexity index is 726. The van der Waals surface area contributed by atoms with Gasteiger partial charge >= 0.3 is 0 Å². The first-order chi connectivity index (χ1) is 11.6. The Hall–Kier alpha value is -2.70. The molecule has 0 aliphatic carbocycles. The summed E-state index contributed by atoms with van der Waals surface area (Å²) in [5.74, 6) is 0.0920. The molecular weight excluding hydrogens is 306 g/mol. The quantitative estimate of drug-likeness (QED) is 0.916. The number of carbonyl (C=O) groups is 2. The van der Waals surface area contributed by atoms with Gasteiger partial charge in [0.25, 0.3) is 5.91 Å². The minimum absolute atomic E-state index is 0.0789. The molecule has 2 amide bonds. The van der Waals surface area contributed by atoms with Crippen LogP contribution in [0.4, 0.5) is 0 Å². The van der Waals surface area contributed by atoms with Crippen molar-refractivity contribution in [3.05, 3.63) is 42.5 Å². The normalized spacial score (nSPS) is 17.9. The molecule has 1 saturated heterocycles. The molecule has 1 N–H and O–H groups in total. The fourth-order valence-corrected chi connectivity index (χ4v) is 2.88. The second kappa shape index (κ2) is 6.82. The monoisotopic (exact) mass is 327 g/mol. The lowest BCUT2D eigenvalue weighted by Gasteiger charge is -2.35. The van der Waals surface area contributed by atoms with E-state index in [0.717, 1.165) is 5.69 Å². The van der Waals surface area contributed by atoms with Crippen LogP contribution in [0, 0.1) is 5.92 Å². The lowest BCUT2D eigenvalue weighted by Crippen LogP contribution is -2.57. The molecule has 1 fully saturated rings. The van der Waals surface area contributed by atoms with E-state index in [4.69, 9.17) is 0 Å². The van der Waals surface area contributed by atoms with Crippen molar-refractivity contribution in [3.63, 3.8) is 0 Å². The summed E-state index contributed by atoms with van der Waals surface area (Å²) < 4.78 is 1.64. The number of carbonyl (C=O) groups excluding carboxylic acids is 2. The largest absolute Gasteiger partial charge is 0.353 e. The maximum absolute atomic E-state index is 12.9. The lowest BCUT2D eigenvalue weighted by molar-refractivity contribution is -0.128. The van der Waals surface area contributed by atoms with E-state index in [9.17, 15) is 9.59 Å². The molecule has 1 atom stereocenters. The van der Waals surface area contributed by atoms with Gasteiger partial charge in [-0.1, -0.05) is 13.8 Å². The number of nitrogens with one attached hydrogen (secondary N) is 1. The molecule has 0 aromatic carbocycles. The van der Waals surface area contributed by atoms with E-state index in [1.165, 1.54) is 0 Å². The van der Waals surface area contributed by atoms with Crippen LogP contribution in [0.25, 0.3) is 5.69 Å². The highest BCUT2D eigenvalue weighted by molar-refractivity contribution is 5.98. The van der Waals surface area contributed by atoms with Crippen LogP contribution >= 0.6 is 0 Å². The van der Waals surface area contributed by atoms with Gasteiger partial charge in [-0.3, -0.25) is 14.6 Å². The molecule has 0 unspecified atom stereocenters. The van der Waals surface area contributed by atoms with E-state index in [0.29, 0.717) is 31.0 Å². The molecule has 0 bridgehead atoms. The van der Waals surface area contributed by atoms with Gasteiger partial charge in [0, 0.05) is 31.7 Å². The van der Waals surface area contributed by atoms with E-state index in [-0.39, 0.29) is 11.8 Å². The van der Waals surface area contributed by atoms with Gasteiger partial charge in [-0.25, -0.2) is 4.68 Å². The Morgan fingerprint density at radius 2 is 2.12 bits per heavy atom.